The van der Waals surface area contributed by atoms with Gasteiger partial charge in [-0.3, -0.25) is 9.69 Å². The molecule has 3 N–H and O–H groups in total. The van der Waals surface area contributed by atoms with Gasteiger partial charge in [0.1, 0.15) is 5.60 Å². The van der Waals surface area contributed by atoms with Crippen LogP contribution in [0.5, 0.6) is 0 Å². The number of anilines is 2. The van der Waals surface area contributed by atoms with E-state index in [-0.39, 0.29) is 12.0 Å². The van der Waals surface area contributed by atoms with Gasteiger partial charge in [0, 0.05) is 50.5 Å². The maximum absolute atomic E-state index is 12.0. The first-order valence-electron chi connectivity index (χ1n) is 8.58. The number of hydrogen-bond acceptors (Lipinski definition) is 5. The smallest absolute Gasteiger partial charge is 0.410 e. The van der Waals surface area contributed by atoms with E-state index in [0.717, 1.165) is 18.8 Å². The van der Waals surface area contributed by atoms with Gasteiger partial charge in [-0.2, -0.15) is 0 Å². The number of nitrogen functional groups attached to an aromatic ring is 1. The number of rotatable bonds is 4. The van der Waals surface area contributed by atoms with Crippen LogP contribution in [0.2, 0.25) is 0 Å². The molecule has 1 fully saturated rings. The lowest BCUT2D eigenvalue weighted by Gasteiger charge is -2.35. The van der Waals surface area contributed by atoms with Gasteiger partial charge in [-0.1, -0.05) is 0 Å². The lowest BCUT2D eigenvalue weighted by Crippen LogP contribution is -2.50. The molecule has 1 aromatic rings. The predicted octanol–water partition coefficient (Wildman–Crippen LogP) is 2.15. The van der Waals surface area contributed by atoms with E-state index in [4.69, 9.17) is 10.5 Å². The summed E-state index contributed by atoms with van der Waals surface area (Å²) in [4.78, 5) is 27.9. The van der Waals surface area contributed by atoms with E-state index in [1.54, 1.807) is 29.2 Å². The van der Waals surface area contributed by atoms with Crippen molar-refractivity contribution >= 4 is 23.4 Å². The van der Waals surface area contributed by atoms with E-state index in [1.165, 1.54) is 0 Å². The summed E-state index contributed by atoms with van der Waals surface area (Å²) in [7, 11) is 0. The molecule has 0 radical (unpaired) electrons. The molecular formula is C18H28N4O3. The molecule has 1 aliphatic heterocycles. The van der Waals surface area contributed by atoms with Gasteiger partial charge in [-0.15, -0.1) is 0 Å². The number of hydrogen-bond donors (Lipinski definition) is 2. The molecular weight excluding hydrogens is 320 g/mol. The maximum Gasteiger partial charge on any atom is 0.410 e. The highest BCUT2D eigenvalue weighted by atomic mass is 16.6. The number of piperazine rings is 1. The van der Waals surface area contributed by atoms with Crippen molar-refractivity contribution in [2.24, 2.45) is 0 Å². The highest BCUT2D eigenvalue weighted by Crippen LogP contribution is 2.13. The number of ether oxygens (including phenoxy) is 1. The Morgan fingerprint density at radius 2 is 1.72 bits per heavy atom. The van der Waals surface area contributed by atoms with E-state index in [9.17, 15) is 9.59 Å². The van der Waals surface area contributed by atoms with E-state index >= 15 is 0 Å². The van der Waals surface area contributed by atoms with E-state index in [0.29, 0.717) is 31.7 Å². The van der Waals surface area contributed by atoms with E-state index in [1.807, 2.05) is 20.8 Å². The minimum atomic E-state index is -0.478. The van der Waals surface area contributed by atoms with Gasteiger partial charge in [0.25, 0.3) is 0 Å². The highest BCUT2D eigenvalue weighted by molar-refractivity contribution is 5.90. The Hall–Kier alpha value is -2.28. The third kappa shape index (κ3) is 6.62. The van der Waals surface area contributed by atoms with Crippen LogP contribution in [-0.2, 0) is 9.53 Å². The van der Waals surface area contributed by atoms with Crippen LogP contribution in [0.1, 0.15) is 27.2 Å². The van der Waals surface area contributed by atoms with Crippen LogP contribution in [0.25, 0.3) is 0 Å². The summed E-state index contributed by atoms with van der Waals surface area (Å²) in [6.45, 7) is 8.98. The lowest BCUT2D eigenvalue weighted by atomic mass is 10.2. The van der Waals surface area contributed by atoms with Crippen LogP contribution in [0.3, 0.4) is 0 Å². The van der Waals surface area contributed by atoms with Crippen molar-refractivity contribution in [2.75, 3.05) is 43.8 Å². The van der Waals surface area contributed by atoms with Gasteiger partial charge >= 0.3 is 6.09 Å². The van der Waals surface area contributed by atoms with Crippen LogP contribution in [-0.4, -0.2) is 60.1 Å². The molecule has 0 saturated carbocycles. The number of amides is 2. The Morgan fingerprint density at radius 3 is 2.28 bits per heavy atom. The second kappa shape index (κ2) is 8.20. The number of carbonyl (C=O) groups excluding carboxylic acids is 2. The van der Waals surface area contributed by atoms with Crippen LogP contribution < -0.4 is 11.1 Å². The Labute approximate surface area is 149 Å². The largest absolute Gasteiger partial charge is 0.444 e. The Balaban J connectivity index is 1.69. The second-order valence-electron chi connectivity index (χ2n) is 7.23. The summed E-state index contributed by atoms with van der Waals surface area (Å²) in [5.41, 5.74) is 6.56. The molecule has 2 amide bonds. The molecule has 138 valence electrons. The van der Waals surface area contributed by atoms with Gasteiger partial charge in [0.15, 0.2) is 0 Å². The van der Waals surface area contributed by atoms with Crippen molar-refractivity contribution in [3.05, 3.63) is 24.3 Å². The van der Waals surface area contributed by atoms with Gasteiger partial charge in [0.05, 0.1) is 0 Å². The summed E-state index contributed by atoms with van der Waals surface area (Å²) < 4.78 is 5.38. The number of nitrogens with one attached hydrogen (secondary N) is 1. The molecule has 0 unspecified atom stereocenters. The van der Waals surface area contributed by atoms with Gasteiger partial charge in [-0.05, 0) is 45.0 Å². The molecule has 2 rings (SSSR count). The quantitative estimate of drug-likeness (QED) is 0.814. The summed E-state index contributed by atoms with van der Waals surface area (Å²) in [5.74, 6) is -0.0284. The Bertz CT molecular complexity index is 587. The molecule has 25 heavy (non-hydrogen) atoms. The van der Waals surface area contributed by atoms with Crippen LogP contribution >= 0.6 is 0 Å². The standard InChI is InChI=1S/C18H28N4O3/c1-18(2,3)25-17(24)22-12-10-21(11-13-22)9-8-16(23)20-15-6-4-14(19)5-7-15/h4-7H,8-13,19H2,1-3H3,(H,20,23). The maximum atomic E-state index is 12.0. The number of nitrogens with two attached hydrogens (primary N) is 1. The first kappa shape index (κ1) is 19.1. The van der Waals surface area contributed by atoms with Crippen molar-refractivity contribution in [1.29, 1.82) is 0 Å². The highest BCUT2D eigenvalue weighted by Gasteiger charge is 2.25. The molecule has 1 saturated heterocycles. The molecule has 0 aromatic heterocycles. The average Bonchev–Trinajstić information content (AvgIpc) is 2.54. The summed E-state index contributed by atoms with van der Waals surface area (Å²) in [6.07, 6.45) is 0.143. The Kier molecular flexibility index (Phi) is 6.25. The summed E-state index contributed by atoms with van der Waals surface area (Å²) in [6, 6.07) is 7.08. The number of nitrogens with zero attached hydrogens (tertiary/aromatic N) is 2. The van der Waals surface area contributed by atoms with E-state index in [2.05, 4.69) is 10.2 Å². The fraction of sp³-hybridized carbons (Fsp3) is 0.556. The Morgan fingerprint density at radius 1 is 1.12 bits per heavy atom. The minimum absolute atomic E-state index is 0.0284. The lowest BCUT2D eigenvalue weighted by molar-refractivity contribution is -0.116. The van der Waals surface area contributed by atoms with Crippen molar-refractivity contribution < 1.29 is 14.3 Å². The van der Waals surface area contributed by atoms with Crippen LogP contribution in [0, 0.1) is 0 Å². The molecule has 7 heteroatoms. The van der Waals surface area contributed by atoms with Gasteiger partial charge in [0.2, 0.25) is 5.91 Å². The van der Waals surface area contributed by atoms with Gasteiger partial charge < -0.3 is 20.7 Å². The zero-order valence-electron chi connectivity index (χ0n) is 15.2. The van der Waals surface area contributed by atoms with Crippen molar-refractivity contribution in [1.82, 2.24) is 9.80 Å². The van der Waals surface area contributed by atoms with E-state index < -0.39 is 5.60 Å². The van der Waals surface area contributed by atoms with Crippen LogP contribution in [0.15, 0.2) is 24.3 Å². The summed E-state index contributed by atoms with van der Waals surface area (Å²) >= 11 is 0. The monoisotopic (exact) mass is 348 g/mol. The topological polar surface area (TPSA) is 87.9 Å². The molecule has 0 aliphatic carbocycles. The number of carbonyl (C=O) groups is 2. The van der Waals surface area contributed by atoms with Crippen molar-refractivity contribution in [3.8, 4) is 0 Å². The minimum Gasteiger partial charge on any atom is -0.444 e. The number of benzene rings is 1. The van der Waals surface area contributed by atoms with Crippen LogP contribution in [0.4, 0.5) is 16.2 Å². The van der Waals surface area contributed by atoms with Crippen molar-refractivity contribution in [2.45, 2.75) is 32.8 Å². The normalized spacial score (nSPS) is 15.7. The molecule has 1 aliphatic rings. The third-order valence-electron chi connectivity index (χ3n) is 3.87. The first-order chi connectivity index (χ1) is 11.7. The molecule has 1 heterocycles. The third-order valence-corrected chi connectivity index (χ3v) is 3.87. The van der Waals surface area contributed by atoms with Crippen molar-refractivity contribution in [3.63, 3.8) is 0 Å². The summed E-state index contributed by atoms with van der Waals surface area (Å²) in [5, 5.41) is 2.86. The predicted molar refractivity (Wildman–Crippen MR) is 98.3 cm³/mol. The zero-order valence-corrected chi connectivity index (χ0v) is 15.2. The van der Waals surface area contributed by atoms with Gasteiger partial charge in [-0.25, -0.2) is 4.79 Å². The fourth-order valence-corrected chi connectivity index (χ4v) is 2.53. The molecule has 7 nitrogen and oxygen atoms in total. The second-order valence-corrected chi connectivity index (χ2v) is 7.23. The molecule has 0 atom stereocenters. The fourth-order valence-electron chi connectivity index (χ4n) is 2.53. The molecule has 0 bridgehead atoms. The zero-order chi connectivity index (χ0) is 18.4. The molecule has 1 aromatic carbocycles. The first-order valence-corrected chi connectivity index (χ1v) is 8.58. The SMILES string of the molecule is CC(C)(C)OC(=O)N1CCN(CCC(=O)Nc2ccc(N)cc2)CC1. The molecule has 0 spiro atoms. The average molecular weight is 348 g/mol.